The SMILES string of the molecule is CC(=[N+]=CI)NCCC#CC(C)(N)C(=O)O. The number of hydrogen-bond donors (Lipinski definition) is 3. The molecule has 0 saturated carbocycles. The number of nitrogens with zero attached hydrogens (tertiary/aromatic N) is 1. The molecule has 5 nitrogen and oxygen atoms in total. The first-order valence-corrected chi connectivity index (χ1v) is 5.87. The van der Waals surface area contributed by atoms with E-state index in [1.165, 1.54) is 6.92 Å². The largest absolute Gasteiger partial charge is 0.479 e. The first-order valence-electron chi connectivity index (χ1n) is 4.62. The number of nitrogens with one attached hydrogen (secondary N) is 1. The Kier molecular flexibility index (Phi) is 6.81. The van der Waals surface area contributed by atoms with Gasteiger partial charge in [-0.05, 0) is 6.92 Å². The quantitative estimate of drug-likeness (QED) is 0.165. The van der Waals surface area contributed by atoms with Crippen LogP contribution in [0.25, 0.3) is 0 Å². The van der Waals surface area contributed by atoms with Crippen LogP contribution >= 0.6 is 22.6 Å². The number of carbonyl (C=O) groups is 1. The lowest BCUT2D eigenvalue weighted by atomic mass is 10.1. The molecule has 0 heterocycles. The molecule has 1 unspecified atom stereocenters. The topological polar surface area (TPSA) is 89.5 Å². The van der Waals surface area contributed by atoms with Crippen LogP contribution in [0.15, 0.2) is 0 Å². The zero-order valence-electron chi connectivity index (χ0n) is 9.25. The summed E-state index contributed by atoms with van der Waals surface area (Å²) in [4.78, 5) is 10.6. The summed E-state index contributed by atoms with van der Waals surface area (Å²) in [6, 6.07) is 0. The van der Waals surface area contributed by atoms with Crippen LogP contribution in [0.2, 0.25) is 0 Å². The maximum absolute atomic E-state index is 10.6. The van der Waals surface area contributed by atoms with E-state index < -0.39 is 11.5 Å². The number of nitrogens with two attached hydrogens (primary N) is 1. The normalized spacial score (nSPS) is 12.5. The van der Waals surface area contributed by atoms with Gasteiger partial charge in [-0.1, -0.05) is 11.8 Å². The van der Waals surface area contributed by atoms with Gasteiger partial charge in [-0.2, -0.15) is 0 Å². The molecule has 0 bridgehead atoms. The number of halogens is 1. The number of carboxylic acids is 1. The van der Waals surface area contributed by atoms with Crippen LogP contribution in [0, 0.1) is 11.8 Å². The summed E-state index contributed by atoms with van der Waals surface area (Å²) in [5, 5.41) is 11.7. The third kappa shape index (κ3) is 6.45. The summed E-state index contributed by atoms with van der Waals surface area (Å²) in [6.07, 6.45) is 0.522. The second-order valence-electron chi connectivity index (χ2n) is 3.30. The van der Waals surface area contributed by atoms with E-state index >= 15 is 0 Å². The van der Waals surface area contributed by atoms with E-state index in [4.69, 9.17) is 10.8 Å². The molecule has 4 N–H and O–H groups in total. The van der Waals surface area contributed by atoms with Gasteiger partial charge < -0.3 is 10.8 Å². The average Bonchev–Trinajstić information content (AvgIpc) is 2.17. The van der Waals surface area contributed by atoms with Crippen LogP contribution in [0.1, 0.15) is 20.3 Å². The average molecular weight is 336 g/mol. The second kappa shape index (κ2) is 7.28. The Morgan fingerprint density at radius 2 is 2.38 bits per heavy atom. The summed E-state index contributed by atoms with van der Waals surface area (Å²) in [7, 11) is 0. The van der Waals surface area contributed by atoms with Gasteiger partial charge in [0.2, 0.25) is 4.22 Å². The fourth-order valence-electron chi connectivity index (χ4n) is 0.724. The van der Waals surface area contributed by atoms with E-state index in [1.54, 1.807) is 4.22 Å². The third-order valence-corrected chi connectivity index (χ3v) is 1.94. The third-order valence-electron chi connectivity index (χ3n) is 1.67. The van der Waals surface area contributed by atoms with E-state index in [0.29, 0.717) is 13.0 Å². The van der Waals surface area contributed by atoms with Crippen molar-refractivity contribution in [2.75, 3.05) is 6.54 Å². The van der Waals surface area contributed by atoms with Crippen LogP contribution in [0.4, 0.5) is 0 Å². The Morgan fingerprint density at radius 1 is 1.75 bits per heavy atom. The summed E-state index contributed by atoms with van der Waals surface area (Å²) in [5.41, 5.74) is 3.95. The molecule has 0 rings (SSSR count). The van der Waals surface area contributed by atoms with Crippen molar-refractivity contribution < 1.29 is 9.90 Å². The van der Waals surface area contributed by atoms with Gasteiger partial charge in [-0.15, -0.1) is 0 Å². The lowest BCUT2D eigenvalue weighted by molar-refractivity contribution is -0.140. The summed E-state index contributed by atoms with van der Waals surface area (Å²) < 4.78 is 5.66. The molecule has 0 radical (unpaired) electrons. The fourth-order valence-corrected chi connectivity index (χ4v) is 1.14. The Hall–Kier alpha value is -1.03. The molecular formula is C10H15IN3O2+. The van der Waals surface area contributed by atoms with E-state index in [-0.39, 0.29) is 0 Å². The highest BCUT2D eigenvalue weighted by atomic mass is 127. The van der Waals surface area contributed by atoms with Gasteiger partial charge in [0, 0.05) is 29.0 Å². The first-order chi connectivity index (χ1) is 7.40. The second-order valence-corrected chi connectivity index (χ2v) is 3.86. The van der Waals surface area contributed by atoms with Gasteiger partial charge in [0.1, 0.15) is 0 Å². The minimum Gasteiger partial charge on any atom is -0.479 e. The van der Waals surface area contributed by atoms with Crippen molar-refractivity contribution in [3.05, 3.63) is 0 Å². The van der Waals surface area contributed by atoms with Crippen LogP contribution < -0.4 is 15.7 Å². The molecular weight excluding hydrogens is 321 g/mol. The van der Waals surface area contributed by atoms with Crippen LogP contribution in [-0.2, 0) is 4.79 Å². The molecule has 0 fully saturated rings. The molecule has 6 heteroatoms. The van der Waals surface area contributed by atoms with E-state index in [2.05, 4.69) is 21.8 Å². The first kappa shape index (κ1) is 15.0. The standard InChI is InChI=1S/C10H14IN3O2/c1-8(14-7-11)13-6-4-3-5-10(2,12)9(15)16/h7H,4,6,12H2,1-2H3,(H,15,16)/p+1. The van der Waals surface area contributed by atoms with Gasteiger partial charge in [-0.3, -0.25) is 5.32 Å². The Labute approximate surface area is 108 Å². The predicted octanol–water partition coefficient (Wildman–Crippen LogP) is -0.280. The Bertz CT molecular complexity index is 373. The molecule has 88 valence electrons. The van der Waals surface area contributed by atoms with Gasteiger partial charge in [0.05, 0.1) is 13.5 Å². The van der Waals surface area contributed by atoms with E-state index in [9.17, 15) is 4.79 Å². The number of amidine groups is 1. The number of rotatable bonds is 3. The van der Waals surface area contributed by atoms with Gasteiger partial charge in [0.15, 0.2) is 5.54 Å². The molecule has 0 spiro atoms. The Balaban J connectivity index is 4.06. The van der Waals surface area contributed by atoms with E-state index in [0.717, 1.165) is 5.84 Å². The minimum absolute atomic E-state index is 0.522. The Morgan fingerprint density at radius 3 is 2.88 bits per heavy atom. The van der Waals surface area contributed by atoms with Crippen LogP contribution in [0.3, 0.4) is 0 Å². The molecule has 0 saturated heterocycles. The zero-order valence-corrected chi connectivity index (χ0v) is 11.4. The van der Waals surface area contributed by atoms with Crippen LogP contribution in [0.5, 0.6) is 0 Å². The zero-order chi connectivity index (χ0) is 12.6. The molecule has 1 atom stereocenters. The van der Waals surface area contributed by atoms with Crippen molar-refractivity contribution in [3.63, 3.8) is 0 Å². The molecule has 0 aliphatic carbocycles. The molecule has 0 aliphatic rings. The van der Waals surface area contributed by atoms with Crippen molar-refractivity contribution in [2.24, 2.45) is 5.73 Å². The maximum atomic E-state index is 10.6. The van der Waals surface area contributed by atoms with Crippen molar-refractivity contribution >= 4 is 38.6 Å². The lowest BCUT2D eigenvalue weighted by Gasteiger charge is -2.09. The van der Waals surface area contributed by atoms with Gasteiger partial charge in [-0.25, -0.2) is 9.46 Å². The fraction of sp³-hybridized carbons (Fsp3) is 0.500. The molecule has 16 heavy (non-hydrogen) atoms. The van der Waals surface area contributed by atoms with Crippen LogP contribution in [-0.4, -0.2) is 33.2 Å². The van der Waals surface area contributed by atoms with Crippen molar-refractivity contribution in [1.29, 1.82) is 0 Å². The number of carboxylic acid groups (broad SMARTS) is 1. The highest BCUT2D eigenvalue weighted by Gasteiger charge is 2.24. The van der Waals surface area contributed by atoms with Crippen molar-refractivity contribution in [1.82, 2.24) is 9.98 Å². The molecule has 0 aliphatic heterocycles. The minimum atomic E-state index is -1.47. The predicted molar refractivity (Wildman–Crippen MR) is 73.5 cm³/mol. The smallest absolute Gasteiger partial charge is 0.340 e. The van der Waals surface area contributed by atoms with Crippen molar-refractivity contribution in [3.8, 4) is 11.8 Å². The van der Waals surface area contributed by atoms with E-state index in [1.807, 2.05) is 29.5 Å². The lowest BCUT2D eigenvalue weighted by Crippen LogP contribution is -2.43. The van der Waals surface area contributed by atoms with Crippen molar-refractivity contribution in [2.45, 2.75) is 25.8 Å². The maximum Gasteiger partial charge on any atom is 0.340 e. The number of aliphatic carboxylic acids is 1. The van der Waals surface area contributed by atoms with Gasteiger partial charge >= 0.3 is 11.8 Å². The molecule has 0 aromatic heterocycles. The molecule has 0 aromatic carbocycles. The van der Waals surface area contributed by atoms with Gasteiger partial charge in [0.25, 0.3) is 0 Å². The summed E-state index contributed by atoms with van der Waals surface area (Å²) in [5.74, 6) is 4.90. The molecule has 0 amide bonds. The number of hydrogen-bond acceptors (Lipinski definition) is 2. The summed E-state index contributed by atoms with van der Waals surface area (Å²) >= 11 is 2.03. The highest BCUT2D eigenvalue weighted by molar-refractivity contribution is 14.1. The monoisotopic (exact) mass is 336 g/mol. The highest BCUT2D eigenvalue weighted by Crippen LogP contribution is 1.95. The summed E-state index contributed by atoms with van der Waals surface area (Å²) in [6.45, 7) is 3.82. The molecule has 0 aromatic rings.